The number of thiophene rings is 1. The van der Waals surface area contributed by atoms with Crippen LogP contribution in [0.5, 0.6) is 5.75 Å². The lowest BCUT2D eigenvalue weighted by atomic mass is 10.1. The Morgan fingerprint density at radius 3 is 2.78 bits per heavy atom. The number of likely N-dealkylation sites (N-methyl/N-ethyl adjacent to an activating group) is 1. The minimum absolute atomic E-state index is 0.312. The van der Waals surface area contributed by atoms with Gasteiger partial charge >= 0.3 is 0 Å². The second kappa shape index (κ2) is 5.90. The Labute approximate surface area is 160 Å². The molecular formula is C19H20N6OS. The number of hydrogen-bond donors (Lipinski definition) is 1. The fourth-order valence-corrected chi connectivity index (χ4v) is 4.90. The lowest BCUT2D eigenvalue weighted by molar-refractivity contribution is 0.134. The molecule has 1 aliphatic heterocycles. The summed E-state index contributed by atoms with van der Waals surface area (Å²) in [6, 6.07) is 6.69. The molecule has 4 heterocycles. The molecule has 2 N–H and O–H groups in total. The molecule has 0 bridgehead atoms. The number of anilines is 1. The van der Waals surface area contributed by atoms with Crippen molar-refractivity contribution in [2.75, 3.05) is 33.0 Å². The summed E-state index contributed by atoms with van der Waals surface area (Å²) in [5, 5.41) is 6.90. The number of likely N-dealkylation sites (tertiary alicyclic amines) is 1. The Morgan fingerprint density at radius 1 is 1.22 bits per heavy atom. The van der Waals surface area contributed by atoms with Crippen LogP contribution in [0, 0.1) is 6.92 Å². The average Bonchev–Trinajstić information content (AvgIpc) is 3.20. The number of hydrogen-bond acceptors (Lipinski definition) is 7. The normalized spacial score (nSPS) is 15.5. The van der Waals surface area contributed by atoms with E-state index in [0.717, 1.165) is 50.5 Å². The van der Waals surface area contributed by atoms with Gasteiger partial charge in [0.1, 0.15) is 23.6 Å². The average molecular weight is 380 g/mol. The van der Waals surface area contributed by atoms with E-state index in [-0.39, 0.29) is 0 Å². The van der Waals surface area contributed by atoms with E-state index in [0.29, 0.717) is 11.9 Å². The molecule has 5 rings (SSSR count). The number of nitrogens with two attached hydrogens (primary N) is 1. The van der Waals surface area contributed by atoms with E-state index >= 15 is 0 Å². The highest BCUT2D eigenvalue weighted by molar-refractivity contribution is 7.22. The van der Waals surface area contributed by atoms with E-state index in [2.05, 4.69) is 47.0 Å². The van der Waals surface area contributed by atoms with Crippen LogP contribution in [0.1, 0.15) is 11.6 Å². The summed E-state index contributed by atoms with van der Waals surface area (Å²) < 4.78 is 8.70. The maximum absolute atomic E-state index is 6.23. The molecule has 27 heavy (non-hydrogen) atoms. The second-order valence-electron chi connectivity index (χ2n) is 7.12. The Hall–Kier alpha value is -2.71. The van der Waals surface area contributed by atoms with Gasteiger partial charge in [0.15, 0.2) is 5.65 Å². The van der Waals surface area contributed by atoms with Crippen LogP contribution in [0.15, 0.2) is 24.5 Å². The fourth-order valence-electron chi connectivity index (χ4n) is 3.78. The maximum Gasteiger partial charge on any atom is 0.164 e. The van der Waals surface area contributed by atoms with E-state index < -0.39 is 0 Å². The van der Waals surface area contributed by atoms with Gasteiger partial charge in [0, 0.05) is 13.1 Å². The first kappa shape index (κ1) is 16.5. The lowest BCUT2D eigenvalue weighted by Crippen LogP contribution is -2.45. The van der Waals surface area contributed by atoms with Gasteiger partial charge in [-0.1, -0.05) is 6.07 Å². The molecule has 138 valence electrons. The zero-order chi connectivity index (χ0) is 18.7. The molecule has 4 aromatic rings. The van der Waals surface area contributed by atoms with Gasteiger partial charge in [-0.05, 0) is 37.1 Å². The SMILES string of the molecule is COc1cc(C)cc2cc(-c3nn(C4CN(C)C4)c4ncnc(N)c34)sc12. The predicted octanol–water partition coefficient (Wildman–Crippen LogP) is 3.09. The van der Waals surface area contributed by atoms with Gasteiger partial charge in [-0.25, -0.2) is 14.6 Å². The molecule has 1 fully saturated rings. The second-order valence-corrected chi connectivity index (χ2v) is 8.17. The van der Waals surface area contributed by atoms with Crippen molar-refractivity contribution in [1.29, 1.82) is 0 Å². The molecule has 1 saturated heterocycles. The monoisotopic (exact) mass is 380 g/mol. The van der Waals surface area contributed by atoms with Gasteiger partial charge in [-0.2, -0.15) is 5.10 Å². The summed E-state index contributed by atoms with van der Waals surface area (Å²) in [4.78, 5) is 12.0. The highest BCUT2D eigenvalue weighted by Crippen LogP contribution is 2.42. The molecule has 1 aliphatic rings. The number of methoxy groups -OCH3 is 1. The standard InChI is InChI=1S/C19H20N6OS/c1-10-4-11-6-14(27-17(11)13(5-10)26-3)16-15-18(20)21-9-22-19(15)25(23-16)12-7-24(2)8-12/h4-6,9,12H,7-8H2,1-3H3,(H2,20,21,22). The summed E-state index contributed by atoms with van der Waals surface area (Å²) in [7, 11) is 3.81. The number of rotatable bonds is 3. The molecule has 0 radical (unpaired) electrons. The number of aromatic nitrogens is 4. The molecule has 1 aromatic carbocycles. The number of ether oxygens (including phenoxy) is 1. The van der Waals surface area contributed by atoms with Crippen LogP contribution in [-0.2, 0) is 0 Å². The van der Waals surface area contributed by atoms with Gasteiger partial charge in [0.2, 0.25) is 0 Å². The quantitative estimate of drug-likeness (QED) is 0.588. The number of nitrogens with zero attached hydrogens (tertiary/aromatic N) is 5. The third-order valence-corrected chi connectivity index (χ3v) is 6.26. The van der Waals surface area contributed by atoms with E-state index in [4.69, 9.17) is 15.6 Å². The molecule has 0 saturated carbocycles. The Kier molecular flexibility index (Phi) is 3.60. The van der Waals surface area contributed by atoms with Crippen LogP contribution in [0.2, 0.25) is 0 Å². The van der Waals surface area contributed by atoms with Crippen molar-refractivity contribution in [2.45, 2.75) is 13.0 Å². The summed E-state index contributed by atoms with van der Waals surface area (Å²) in [5.41, 5.74) is 9.05. The van der Waals surface area contributed by atoms with Crippen LogP contribution >= 0.6 is 11.3 Å². The van der Waals surface area contributed by atoms with E-state index in [9.17, 15) is 0 Å². The van der Waals surface area contributed by atoms with Crippen molar-refractivity contribution in [3.05, 3.63) is 30.1 Å². The van der Waals surface area contributed by atoms with Gasteiger partial charge in [-0.15, -0.1) is 11.3 Å². The molecule has 0 amide bonds. The number of fused-ring (bicyclic) bond motifs is 2. The summed E-state index contributed by atoms with van der Waals surface area (Å²) in [6.45, 7) is 3.99. The lowest BCUT2D eigenvalue weighted by Gasteiger charge is -2.36. The number of nitrogen functional groups attached to an aromatic ring is 1. The summed E-state index contributed by atoms with van der Waals surface area (Å²) >= 11 is 1.66. The van der Waals surface area contributed by atoms with Crippen molar-refractivity contribution in [2.24, 2.45) is 0 Å². The summed E-state index contributed by atoms with van der Waals surface area (Å²) in [5.74, 6) is 1.35. The molecule has 0 unspecified atom stereocenters. The smallest absolute Gasteiger partial charge is 0.164 e. The number of benzene rings is 1. The van der Waals surface area contributed by atoms with E-state index in [1.165, 1.54) is 11.9 Å². The zero-order valence-electron chi connectivity index (χ0n) is 15.4. The topological polar surface area (TPSA) is 82.1 Å². The number of aryl methyl sites for hydroxylation is 1. The third kappa shape index (κ3) is 2.48. The van der Waals surface area contributed by atoms with Crippen molar-refractivity contribution in [3.8, 4) is 16.3 Å². The van der Waals surface area contributed by atoms with Crippen LogP contribution in [0.3, 0.4) is 0 Å². The first-order valence-electron chi connectivity index (χ1n) is 8.81. The van der Waals surface area contributed by atoms with Crippen molar-refractivity contribution >= 4 is 38.3 Å². The van der Waals surface area contributed by atoms with Crippen molar-refractivity contribution < 1.29 is 4.74 Å². The Morgan fingerprint density at radius 2 is 2.04 bits per heavy atom. The Bertz CT molecular complexity index is 1170. The van der Waals surface area contributed by atoms with Crippen molar-refractivity contribution in [3.63, 3.8) is 0 Å². The maximum atomic E-state index is 6.23. The molecule has 3 aromatic heterocycles. The minimum Gasteiger partial charge on any atom is -0.495 e. The van der Waals surface area contributed by atoms with Crippen molar-refractivity contribution in [1.82, 2.24) is 24.6 Å². The van der Waals surface area contributed by atoms with Crippen LogP contribution in [-0.4, -0.2) is 51.9 Å². The van der Waals surface area contributed by atoms with E-state index in [1.54, 1.807) is 18.4 Å². The fraction of sp³-hybridized carbons (Fsp3) is 0.316. The molecule has 7 nitrogen and oxygen atoms in total. The first-order chi connectivity index (χ1) is 13.0. The minimum atomic E-state index is 0.312. The molecule has 0 atom stereocenters. The predicted molar refractivity (Wildman–Crippen MR) is 108 cm³/mol. The highest BCUT2D eigenvalue weighted by atomic mass is 32.1. The van der Waals surface area contributed by atoms with Gasteiger partial charge in [-0.3, -0.25) is 0 Å². The van der Waals surface area contributed by atoms with Crippen LogP contribution < -0.4 is 10.5 Å². The molecular weight excluding hydrogens is 360 g/mol. The highest BCUT2D eigenvalue weighted by Gasteiger charge is 2.30. The van der Waals surface area contributed by atoms with E-state index in [1.807, 2.05) is 4.68 Å². The Balaban J connectivity index is 1.74. The molecule has 0 aliphatic carbocycles. The van der Waals surface area contributed by atoms with Gasteiger partial charge in [0.05, 0.1) is 28.1 Å². The van der Waals surface area contributed by atoms with Gasteiger partial charge < -0.3 is 15.4 Å². The first-order valence-corrected chi connectivity index (χ1v) is 9.62. The van der Waals surface area contributed by atoms with Crippen LogP contribution in [0.4, 0.5) is 5.82 Å². The zero-order valence-corrected chi connectivity index (χ0v) is 16.2. The molecule has 0 spiro atoms. The largest absolute Gasteiger partial charge is 0.495 e. The summed E-state index contributed by atoms with van der Waals surface area (Å²) in [6.07, 6.45) is 1.51. The van der Waals surface area contributed by atoms with Crippen LogP contribution in [0.25, 0.3) is 31.7 Å². The molecule has 8 heteroatoms. The third-order valence-electron chi connectivity index (χ3n) is 5.09. The van der Waals surface area contributed by atoms with Gasteiger partial charge in [0.25, 0.3) is 0 Å².